The quantitative estimate of drug-likeness (QED) is 0.382. The Balaban J connectivity index is 0.00000338. The number of guanidine groups is 1. The summed E-state index contributed by atoms with van der Waals surface area (Å²) in [6.07, 6.45) is 2.05. The molecule has 1 aromatic heterocycles. The van der Waals surface area contributed by atoms with Gasteiger partial charge >= 0.3 is 0 Å². The SMILES string of the molecule is CCOc1cc(CNC(=NC)N(C)Cc2cccn2C)ccc1OC.I. The molecular weight excluding hydrogens is 443 g/mol. The average Bonchev–Trinajstić information content (AvgIpc) is 3.01. The van der Waals surface area contributed by atoms with E-state index >= 15 is 0 Å². The van der Waals surface area contributed by atoms with Crippen molar-refractivity contribution in [3.05, 3.63) is 47.8 Å². The minimum Gasteiger partial charge on any atom is -0.493 e. The Morgan fingerprint density at radius 2 is 2.04 bits per heavy atom. The lowest BCUT2D eigenvalue weighted by Crippen LogP contribution is -2.38. The number of rotatable bonds is 7. The minimum atomic E-state index is 0. The van der Waals surface area contributed by atoms with Crippen LogP contribution in [0.4, 0.5) is 0 Å². The maximum atomic E-state index is 5.64. The van der Waals surface area contributed by atoms with Gasteiger partial charge in [-0.1, -0.05) is 6.07 Å². The van der Waals surface area contributed by atoms with Crippen molar-refractivity contribution in [1.29, 1.82) is 0 Å². The van der Waals surface area contributed by atoms with Crippen molar-refractivity contribution in [3.8, 4) is 11.5 Å². The molecule has 2 rings (SSSR count). The Kier molecular flexibility index (Phi) is 9.32. The molecule has 0 radical (unpaired) electrons. The molecule has 0 amide bonds. The van der Waals surface area contributed by atoms with E-state index in [0.717, 1.165) is 29.6 Å². The molecule has 7 heteroatoms. The highest BCUT2D eigenvalue weighted by atomic mass is 127. The Labute approximate surface area is 173 Å². The number of hydrogen-bond donors (Lipinski definition) is 1. The number of halogens is 1. The van der Waals surface area contributed by atoms with Gasteiger partial charge in [0.05, 0.1) is 20.3 Å². The highest BCUT2D eigenvalue weighted by Gasteiger charge is 2.10. The molecule has 0 saturated heterocycles. The zero-order valence-electron chi connectivity index (χ0n) is 16.2. The van der Waals surface area contributed by atoms with Gasteiger partial charge in [0.1, 0.15) is 0 Å². The molecular formula is C19H29IN4O2. The topological polar surface area (TPSA) is 51.0 Å². The third-order valence-electron chi connectivity index (χ3n) is 4.00. The number of ether oxygens (including phenoxy) is 2. The van der Waals surface area contributed by atoms with Gasteiger partial charge in [-0.25, -0.2) is 0 Å². The molecule has 0 aliphatic heterocycles. The molecule has 26 heavy (non-hydrogen) atoms. The fourth-order valence-corrected chi connectivity index (χ4v) is 2.64. The van der Waals surface area contributed by atoms with Crippen LogP contribution in [0.3, 0.4) is 0 Å². The smallest absolute Gasteiger partial charge is 0.194 e. The van der Waals surface area contributed by atoms with E-state index in [1.54, 1.807) is 14.2 Å². The lowest BCUT2D eigenvalue weighted by Gasteiger charge is -2.22. The average molecular weight is 472 g/mol. The second-order valence-corrected chi connectivity index (χ2v) is 5.79. The number of aliphatic imine (C=N–C) groups is 1. The first-order valence-electron chi connectivity index (χ1n) is 8.40. The van der Waals surface area contributed by atoms with Crippen LogP contribution in [0.1, 0.15) is 18.2 Å². The molecule has 0 aliphatic rings. The first kappa shape index (κ1) is 22.1. The highest BCUT2D eigenvalue weighted by molar-refractivity contribution is 14.0. The zero-order chi connectivity index (χ0) is 18.2. The summed E-state index contributed by atoms with van der Waals surface area (Å²) in [6, 6.07) is 10.1. The van der Waals surface area contributed by atoms with Crippen LogP contribution in [-0.4, -0.2) is 43.2 Å². The minimum absolute atomic E-state index is 0. The molecule has 0 bridgehead atoms. The van der Waals surface area contributed by atoms with Gasteiger partial charge in [-0.3, -0.25) is 4.99 Å². The Hall–Kier alpha value is -1.90. The number of hydrogen-bond acceptors (Lipinski definition) is 3. The van der Waals surface area contributed by atoms with Gasteiger partial charge in [0, 0.05) is 39.6 Å². The van der Waals surface area contributed by atoms with Gasteiger partial charge in [0.2, 0.25) is 0 Å². The molecule has 0 fully saturated rings. The Bertz CT molecular complexity index is 715. The molecule has 0 saturated carbocycles. The number of nitrogens with zero attached hydrogens (tertiary/aromatic N) is 3. The fourth-order valence-electron chi connectivity index (χ4n) is 2.64. The van der Waals surface area contributed by atoms with Crippen molar-refractivity contribution in [2.24, 2.45) is 12.0 Å². The number of benzene rings is 1. The molecule has 1 aromatic carbocycles. The van der Waals surface area contributed by atoms with Crippen molar-refractivity contribution in [2.75, 3.05) is 27.8 Å². The van der Waals surface area contributed by atoms with Gasteiger partial charge in [-0.05, 0) is 36.8 Å². The van der Waals surface area contributed by atoms with Crippen LogP contribution in [-0.2, 0) is 20.1 Å². The molecule has 144 valence electrons. The predicted molar refractivity (Wildman–Crippen MR) is 117 cm³/mol. The van der Waals surface area contributed by atoms with E-state index in [0.29, 0.717) is 13.2 Å². The van der Waals surface area contributed by atoms with Crippen molar-refractivity contribution in [1.82, 2.24) is 14.8 Å². The van der Waals surface area contributed by atoms with Crippen LogP contribution in [0.2, 0.25) is 0 Å². The Morgan fingerprint density at radius 3 is 2.62 bits per heavy atom. The molecule has 6 nitrogen and oxygen atoms in total. The lowest BCUT2D eigenvalue weighted by molar-refractivity contribution is 0.310. The number of aromatic nitrogens is 1. The van der Waals surface area contributed by atoms with Crippen LogP contribution >= 0.6 is 24.0 Å². The van der Waals surface area contributed by atoms with E-state index in [2.05, 4.69) is 25.8 Å². The van der Waals surface area contributed by atoms with E-state index in [1.807, 2.05) is 51.5 Å². The van der Waals surface area contributed by atoms with Crippen LogP contribution in [0.5, 0.6) is 11.5 Å². The van der Waals surface area contributed by atoms with Crippen LogP contribution in [0.25, 0.3) is 0 Å². The highest BCUT2D eigenvalue weighted by Crippen LogP contribution is 2.27. The normalized spacial score (nSPS) is 10.9. The second kappa shape index (κ2) is 10.9. The molecule has 1 N–H and O–H groups in total. The van der Waals surface area contributed by atoms with Crippen LogP contribution in [0, 0.1) is 0 Å². The molecule has 2 aromatic rings. The van der Waals surface area contributed by atoms with Crippen molar-refractivity contribution in [3.63, 3.8) is 0 Å². The fraction of sp³-hybridized carbons (Fsp3) is 0.421. The first-order chi connectivity index (χ1) is 12.1. The van der Waals surface area contributed by atoms with E-state index in [4.69, 9.17) is 9.47 Å². The van der Waals surface area contributed by atoms with E-state index < -0.39 is 0 Å². The summed E-state index contributed by atoms with van der Waals surface area (Å²) < 4.78 is 13.1. The standard InChI is InChI=1S/C19H28N4O2.HI/c1-6-25-18-12-15(9-10-17(18)24-5)13-21-19(20-2)23(4)14-16-8-7-11-22(16)3;/h7-12H,6,13-14H2,1-5H3,(H,20,21);1H. The summed E-state index contributed by atoms with van der Waals surface area (Å²) >= 11 is 0. The maximum Gasteiger partial charge on any atom is 0.194 e. The summed E-state index contributed by atoms with van der Waals surface area (Å²) in [7, 11) is 7.52. The molecule has 0 atom stereocenters. The third-order valence-corrected chi connectivity index (χ3v) is 4.00. The monoisotopic (exact) mass is 472 g/mol. The molecule has 1 heterocycles. The maximum absolute atomic E-state index is 5.64. The second-order valence-electron chi connectivity index (χ2n) is 5.79. The summed E-state index contributed by atoms with van der Waals surface area (Å²) in [5.74, 6) is 2.35. The van der Waals surface area contributed by atoms with Crippen molar-refractivity contribution in [2.45, 2.75) is 20.0 Å². The lowest BCUT2D eigenvalue weighted by atomic mass is 10.2. The predicted octanol–water partition coefficient (Wildman–Crippen LogP) is 3.26. The van der Waals surface area contributed by atoms with Crippen LogP contribution in [0.15, 0.2) is 41.5 Å². The van der Waals surface area contributed by atoms with E-state index in [9.17, 15) is 0 Å². The third kappa shape index (κ3) is 5.82. The van der Waals surface area contributed by atoms with E-state index in [-0.39, 0.29) is 24.0 Å². The largest absolute Gasteiger partial charge is 0.493 e. The van der Waals surface area contributed by atoms with E-state index in [1.165, 1.54) is 5.69 Å². The molecule has 0 aliphatic carbocycles. The van der Waals surface area contributed by atoms with Gasteiger partial charge in [-0.15, -0.1) is 24.0 Å². The van der Waals surface area contributed by atoms with Gasteiger partial charge in [0.25, 0.3) is 0 Å². The summed E-state index contributed by atoms with van der Waals surface area (Å²) in [5, 5.41) is 3.39. The summed E-state index contributed by atoms with van der Waals surface area (Å²) in [4.78, 5) is 6.47. The molecule has 0 spiro atoms. The zero-order valence-corrected chi connectivity index (χ0v) is 18.5. The van der Waals surface area contributed by atoms with Crippen LogP contribution < -0.4 is 14.8 Å². The summed E-state index contributed by atoms with van der Waals surface area (Å²) in [6.45, 7) is 4.02. The molecule has 0 unspecified atom stereocenters. The van der Waals surface area contributed by atoms with Crippen molar-refractivity contribution < 1.29 is 9.47 Å². The van der Waals surface area contributed by atoms with Crippen molar-refractivity contribution >= 4 is 29.9 Å². The van der Waals surface area contributed by atoms with Gasteiger partial charge in [0.15, 0.2) is 17.5 Å². The summed E-state index contributed by atoms with van der Waals surface area (Å²) in [5.41, 5.74) is 2.34. The first-order valence-corrected chi connectivity index (χ1v) is 8.40. The Morgan fingerprint density at radius 1 is 1.27 bits per heavy atom. The van der Waals surface area contributed by atoms with Gasteiger partial charge in [-0.2, -0.15) is 0 Å². The number of methoxy groups -OCH3 is 1. The number of aryl methyl sites for hydroxylation is 1. The number of nitrogens with one attached hydrogen (secondary N) is 1. The van der Waals surface area contributed by atoms with Gasteiger partial charge < -0.3 is 24.3 Å².